The van der Waals surface area contributed by atoms with Crippen LogP contribution in [-0.2, 0) is 9.47 Å². The van der Waals surface area contributed by atoms with Crippen molar-refractivity contribution in [2.75, 3.05) is 13.2 Å². The van der Waals surface area contributed by atoms with Gasteiger partial charge in [0.05, 0.1) is 0 Å². The quantitative estimate of drug-likeness (QED) is 0.584. The molecule has 0 aliphatic carbocycles. The van der Waals surface area contributed by atoms with Crippen LogP contribution in [0.25, 0.3) is 0 Å². The molecule has 1 aliphatic rings. The number of hydrogen-bond donors (Lipinski definition) is 0. The normalized spacial score (nSPS) is 18.8. The maximum absolute atomic E-state index is 5.70. The van der Waals surface area contributed by atoms with Gasteiger partial charge in [0.15, 0.2) is 0 Å². The third-order valence-electron chi connectivity index (χ3n) is 2.86. The molecule has 104 valence electrons. The number of ether oxygens (including phenoxy) is 2. The molecule has 0 saturated carbocycles. The lowest BCUT2D eigenvalue weighted by atomic mass is 10.2. The molecule has 0 spiro atoms. The van der Waals surface area contributed by atoms with Crippen LogP contribution in [0.4, 0.5) is 0 Å². The third-order valence-corrected chi connectivity index (χ3v) is 2.86. The first-order chi connectivity index (χ1) is 9.83. The van der Waals surface area contributed by atoms with Crippen LogP contribution in [0.1, 0.15) is 12.5 Å². The van der Waals surface area contributed by atoms with Gasteiger partial charge in [-0.2, -0.15) is 0 Å². The lowest BCUT2D eigenvalue weighted by molar-refractivity contribution is 0.184. The topological polar surface area (TPSA) is 30.8 Å². The Morgan fingerprint density at radius 1 is 1.45 bits per heavy atom. The first-order valence-electron chi connectivity index (χ1n) is 6.67. The maximum atomic E-state index is 5.70. The predicted octanol–water partition coefficient (Wildman–Crippen LogP) is 3.49. The summed E-state index contributed by atoms with van der Waals surface area (Å²) < 4.78 is 11.3. The summed E-state index contributed by atoms with van der Waals surface area (Å²) in [7, 11) is 0. The van der Waals surface area contributed by atoms with Crippen molar-refractivity contribution in [3.8, 4) is 0 Å². The van der Waals surface area contributed by atoms with Gasteiger partial charge >= 0.3 is 0 Å². The molecule has 1 heterocycles. The van der Waals surface area contributed by atoms with Crippen molar-refractivity contribution >= 4 is 5.90 Å². The van der Waals surface area contributed by atoms with E-state index in [2.05, 4.69) is 11.6 Å². The first kappa shape index (κ1) is 14.1. The molecule has 1 aromatic rings. The average molecular weight is 269 g/mol. The highest BCUT2D eigenvalue weighted by Gasteiger charge is 2.20. The number of rotatable bonds is 6. The van der Waals surface area contributed by atoms with E-state index in [0.717, 1.165) is 11.3 Å². The second kappa shape index (κ2) is 7.34. The van der Waals surface area contributed by atoms with E-state index in [0.29, 0.717) is 19.1 Å². The molecular formula is C17H19NO2. The van der Waals surface area contributed by atoms with E-state index in [1.165, 1.54) is 0 Å². The van der Waals surface area contributed by atoms with E-state index in [1.807, 2.05) is 55.5 Å². The molecule has 1 unspecified atom stereocenters. The summed E-state index contributed by atoms with van der Waals surface area (Å²) in [4.78, 5) is 4.54. The molecule has 0 fully saturated rings. The summed E-state index contributed by atoms with van der Waals surface area (Å²) >= 11 is 0. The van der Waals surface area contributed by atoms with Crippen molar-refractivity contribution in [3.05, 3.63) is 72.5 Å². The predicted molar refractivity (Wildman–Crippen MR) is 81.8 cm³/mol. The van der Waals surface area contributed by atoms with E-state index in [-0.39, 0.29) is 6.04 Å². The van der Waals surface area contributed by atoms with Crippen molar-refractivity contribution in [3.63, 3.8) is 0 Å². The van der Waals surface area contributed by atoms with Gasteiger partial charge in [-0.15, -0.1) is 0 Å². The number of allylic oxidation sites excluding steroid dienone is 4. The number of benzene rings is 1. The lowest BCUT2D eigenvalue weighted by Gasteiger charge is -2.08. The molecule has 0 radical (unpaired) electrons. The standard InChI is InChI=1S/C17H19NO2/c1-3-5-11-16(4-2)19-12-15-13-20-17(18-15)14-9-7-6-8-10-14/h3-11,15H,1,12-13H2,2H3/b11-5-,16-4+. The molecule has 0 amide bonds. The molecule has 3 nitrogen and oxygen atoms in total. The minimum absolute atomic E-state index is 0.0392. The van der Waals surface area contributed by atoms with Crippen LogP contribution in [0.2, 0.25) is 0 Å². The molecule has 0 saturated heterocycles. The highest BCUT2D eigenvalue weighted by atomic mass is 16.5. The Hall–Kier alpha value is -2.29. The maximum Gasteiger partial charge on any atom is 0.216 e. The van der Waals surface area contributed by atoms with Crippen LogP contribution in [0.15, 0.2) is 72.0 Å². The molecular weight excluding hydrogens is 250 g/mol. The highest BCUT2D eigenvalue weighted by Crippen LogP contribution is 2.13. The van der Waals surface area contributed by atoms with E-state index in [1.54, 1.807) is 6.08 Å². The number of hydrogen-bond acceptors (Lipinski definition) is 3. The Morgan fingerprint density at radius 3 is 2.95 bits per heavy atom. The zero-order valence-electron chi connectivity index (χ0n) is 11.7. The number of nitrogens with zero attached hydrogens (tertiary/aromatic N) is 1. The van der Waals surface area contributed by atoms with Gasteiger partial charge < -0.3 is 9.47 Å². The highest BCUT2D eigenvalue weighted by molar-refractivity contribution is 5.95. The zero-order chi connectivity index (χ0) is 14.2. The van der Waals surface area contributed by atoms with E-state index in [9.17, 15) is 0 Å². The van der Waals surface area contributed by atoms with Crippen LogP contribution in [-0.4, -0.2) is 25.2 Å². The van der Waals surface area contributed by atoms with Gasteiger partial charge in [-0.3, -0.25) is 0 Å². The van der Waals surface area contributed by atoms with Crippen LogP contribution < -0.4 is 0 Å². The van der Waals surface area contributed by atoms with Crippen molar-refractivity contribution in [1.82, 2.24) is 0 Å². The molecule has 1 aliphatic heterocycles. The van der Waals surface area contributed by atoms with Crippen molar-refractivity contribution in [2.45, 2.75) is 13.0 Å². The Labute approximate surface area is 119 Å². The van der Waals surface area contributed by atoms with E-state index >= 15 is 0 Å². The second-order valence-corrected chi connectivity index (χ2v) is 4.36. The van der Waals surface area contributed by atoms with Gasteiger partial charge in [0, 0.05) is 5.56 Å². The van der Waals surface area contributed by atoms with Crippen LogP contribution in [0.3, 0.4) is 0 Å². The summed E-state index contributed by atoms with van der Waals surface area (Å²) in [6.45, 7) is 6.65. The van der Waals surface area contributed by atoms with Gasteiger partial charge in [-0.25, -0.2) is 4.99 Å². The fourth-order valence-electron chi connectivity index (χ4n) is 1.82. The fourth-order valence-corrected chi connectivity index (χ4v) is 1.82. The van der Waals surface area contributed by atoms with Crippen molar-refractivity contribution in [2.24, 2.45) is 4.99 Å². The van der Waals surface area contributed by atoms with Gasteiger partial charge in [0.25, 0.3) is 0 Å². The summed E-state index contributed by atoms with van der Waals surface area (Å²) in [5, 5.41) is 0. The van der Waals surface area contributed by atoms with Crippen molar-refractivity contribution in [1.29, 1.82) is 0 Å². The Bertz CT molecular complexity index is 529. The summed E-state index contributed by atoms with van der Waals surface area (Å²) in [6, 6.07) is 9.95. The third kappa shape index (κ3) is 3.85. The lowest BCUT2D eigenvalue weighted by Crippen LogP contribution is -2.14. The Morgan fingerprint density at radius 2 is 2.25 bits per heavy atom. The Kier molecular flexibility index (Phi) is 5.18. The second-order valence-electron chi connectivity index (χ2n) is 4.36. The van der Waals surface area contributed by atoms with Gasteiger partial charge in [0.1, 0.15) is 25.0 Å². The SMILES string of the molecule is C=C/C=C\C(=C/C)OCC1COC(c2ccccc2)=N1. The molecule has 3 heteroatoms. The van der Waals surface area contributed by atoms with Gasteiger partial charge in [-0.1, -0.05) is 36.9 Å². The van der Waals surface area contributed by atoms with Gasteiger partial charge in [0.2, 0.25) is 5.90 Å². The smallest absolute Gasteiger partial charge is 0.216 e. The number of aliphatic imine (C=N–C) groups is 1. The monoisotopic (exact) mass is 269 g/mol. The minimum Gasteiger partial charge on any atom is -0.492 e. The molecule has 20 heavy (non-hydrogen) atoms. The van der Waals surface area contributed by atoms with E-state index < -0.39 is 0 Å². The summed E-state index contributed by atoms with van der Waals surface area (Å²) in [6.07, 6.45) is 7.36. The average Bonchev–Trinajstić information content (AvgIpc) is 2.97. The van der Waals surface area contributed by atoms with E-state index in [4.69, 9.17) is 9.47 Å². The minimum atomic E-state index is 0.0392. The van der Waals surface area contributed by atoms with Gasteiger partial charge in [-0.05, 0) is 31.2 Å². The molecule has 2 rings (SSSR count). The van der Waals surface area contributed by atoms with Crippen LogP contribution in [0.5, 0.6) is 0 Å². The molecule has 0 N–H and O–H groups in total. The van der Waals surface area contributed by atoms with Crippen LogP contribution >= 0.6 is 0 Å². The fraction of sp³-hybridized carbons (Fsp3) is 0.235. The van der Waals surface area contributed by atoms with Crippen LogP contribution in [0, 0.1) is 0 Å². The molecule has 1 aromatic carbocycles. The largest absolute Gasteiger partial charge is 0.492 e. The molecule has 0 bridgehead atoms. The molecule has 1 atom stereocenters. The van der Waals surface area contributed by atoms with Crippen molar-refractivity contribution < 1.29 is 9.47 Å². The molecule has 0 aromatic heterocycles. The summed E-state index contributed by atoms with van der Waals surface area (Å²) in [5.41, 5.74) is 1.01. The Balaban J connectivity index is 1.91. The summed E-state index contributed by atoms with van der Waals surface area (Å²) in [5.74, 6) is 1.51. The first-order valence-corrected chi connectivity index (χ1v) is 6.67. The zero-order valence-corrected chi connectivity index (χ0v) is 11.7.